The van der Waals surface area contributed by atoms with E-state index in [1.165, 1.54) is 0 Å². The van der Waals surface area contributed by atoms with E-state index in [9.17, 15) is 4.79 Å². The summed E-state index contributed by atoms with van der Waals surface area (Å²) in [4.78, 5) is 9.69. The van der Waals surface area contributed by atoms with Gasteiger partial charge in [0.15, 0.2) is 0 Å². The van der Waals surface area contributed by atoms with Gasteiger partial charge in [0.25, 0.3) is 0 Å². The van der Waals surface area contributed by atoms with Crippen LogP contribution in [0.3, 0.4) is 0 Å². The predicted octanol–water partition coefficient (Wildman–Crippen LogP) is 1.23. The highest BCUT2D eigenvalue weighted by atomic mass is 16.1. The van der Waals surface area contributed by atoms with Gasteiger partial charge in [-0.25, -0.2) is 0 Å². The molecule has 11 heavy (non-hydrogen) atoms. The largest absolute Gasteiger partial charge is 0.354 e. The summed E-state index contributed by atoms with van der Waals surface area (Å²) >= 11 is 0. The molecule has 0 saturated heterocycles. The molecule has 0 atom stereocenters. The number of allylic oxidation sites excluding steroid dienone is 1. The Kier molecular flexibility index (Phi) is 12.9. The third-order valence-corrected chi connectivity index (χ3v) is 0.868. The summed E-state index contributed by atoms with van der Waals surface area (Å²) in [6.07, 6.45) is 2.23. The number of hydrogen-bond donors (Lipinski definition) is 1. The fraction of sp³-hybridized carbons (Fsp3) is 0.500. The van der Waals surface area contributed by atoms with Gasteiger partial charge >= 0.3 is 0 Å². The van der Waals surface area contributed by atoms with Gasteiger partial charge in [-0.15, -0.1) is 0 Å². The van der Waals surface area contributed by atoms with Crippen molar-refractivity contribution in [3.63, 3.8) is 0 Å². The number of hydrogen-bond acceptors (Lipinski definition) is 2. The molecular weight excluding hydrogens is 140 g/mol. The van der Waals surface area contributed by atoms with Gasteiger partial charge in [0.1, 0.15) is 0 Å². The minimum absolute atomic E-state index is 0.330. The van der Waals surface area contributed by atoms with E-state index >= 15 is 0 Å². The summed E-state index contributed by atoms with van der Waals surface area (Å²) in [6, 6.07) is 1.93. The van der Waals surface area contributed by atoms with Crippen LogP contribution in [0.4, 0.5) is 0 Å². The molecule has 0 saturated carbocycles. The highest BCUT2D eigenvalue weighted by Crippen LogP contribution is 1.85. The first-order valence-corrected chi connectivity index (χ1v) is 3.57. The van der Waals surface area contributed by atoms with E-state index in [1.807, 2.05) is 19.9 Å². The second kappa shape index (κ2) is 11.5. The van der Waals surface area contributed by atoms with Crippen molar-refractivity contribution in [3.8, 4) is 6.07 Å². The van der Waals surface area contributed by atoms with Crippen LogP contribution in [-0.4, -0.2) is 13.0 Å². The quantitative estimate of drug-likeness (QED) is 0.491. The second-order valence-electron chi connectivity index (χ2n) is 1.42. The molecular formula is C8H14N2O. The number of amides is 1. The molecule has 62 valence electrons. The molecule has 0 aliphatic rings. The van der Waals surface area contributed by atoms with E-state index in [0.717, 1.165) is 0 Å². The molecule has 0 heterocycles. The normalized spacial score (nSPS) is 8.73. The zero-order chi connectivity index (χ0) is 9.11. The monoisotopic (exact) mass is 154 g/mol. The van der Waals surface area contributed by atoms with Crippen molar-refractivity contribution >= 4 is 6.41 Å². The second-order valence-corrected chi connectivity index (χ2v) is 1.42. The van der Waals surface area contributed by atoms with Crippen LogP contribution >= 0.6 is 0 Å². The van der Waals surface area contributed by atoms with E-state index in [1.54, 1.807) is 13.0 Å². The molecule has 0 radical (unpaired) electrons. The summed E-state index contributed by atoms with van der Waals surface area (Å²) in [7, 11) is 0. The third-order valence-electron chi connectivity index (χ3n) is 0.868. The van der Waals surface area contributed by atoms with Gasteiger partial charge in [0.2, 0.25) is 6.41 Å². The van der Waals surface area contributed by atoms with Crippen molar-refractivity contribution in [2.24, 2.45) is 0 Å². The summed E-state index contributed by atoms with van der Waals surface area (Å²) in [6.45, 7) is 6.08. The molecule has 0 aliphatic heterocycles. The first-order valence-electron chi connectivity index (χ1n) is 3.57. The molecule has 1 amide bonds. The summed E-state index contributed by atoms with van der Waals surface area (Å²) < 4.78 is 0. The Bertz CT molecular complexity index is 156. The summed E-state index contributed by atoms with van der Waals surface area (Å²) in [5.41, 5.74) is 0.571. The van der Waals surface area contributed by atoms with Crippen molar-refractivity contribution in [2.75, 3.05) is 6.54 Å². The first kappa shape index (κ1) is 12.4. The molecule has 0 aliphatic carbocycles. The molecule has 1 N–H and O–H groups in total. The zero-order valence-electron chi connectivity index (χ0n) is 7.22. The molecule has 0 aromatic heterocycles. The molecule has 3 nitrogen and oxygen atoms in total. The highest BCUT2D eigenvalue weighted by molar-refractivity contribution is 5.47. The van der Waals surface area contributed by atoms with E-state index in [4.69, 9.17) is 5.26 Å². The number of rotatable bonds is 3. The van der Waals surface area contributed by atoms with E-state index < -0.39 is 0 Å². The van der Waals surface area contributed by atoms with Crippen molar-refractivity contribution in [1.82, 2.24) is 5.32 Å². The van der Waals surface area contributed by atoms with Crippen molar-refractivity contribution in [3.05, 3.63) is 11.6 Å². The lowest BCUT2D eigenvalue weighted by Crippen LogP contribution is -2.13. The number of nitrogens with zero attached hydrogens (tertiary/aromatic N) is 1. The van der Waals surface area contributed by atoms with Gasteiger partial charge in [-0.05, 0) is 6.92 Å². The fourth-order valence-corrected chi connectivity index (χ4v) is 0.358. The van der Waals surface area contributed by atoms with E-state index in [2.05, 4.69) is 5.32 Å². The molecule has 0 aromatic rings. The van der Waals surface area contributed by atoms with Crippen LogP contribution in [0, 0.1) is 11.3 Å². The third kappa shape index (κ3) is 8.70. The fourth-order valence-electron chi connectivity index (χ4n) is 0.358. The van der Waals surface area contributed by atoms with Crippen LogP contribution in [-0.2, 0) is 4.79 Å². The Morgan fingerprint density at radius 2 is 2.18 bits per heavy atom. The van der Waals surface area contributed by atoms with Crippen LogP contribution in [0.5, 0.6) is 0 Å². The van der Waals surface area contributed by atoms with Gasteiger partial charge in [-0.2, -0.15) is 5.26 Å². The van der Waals surface area contributed by atoms with Gasteiger partial charge in [0.05, 0.1) is 12.6 Å². The van der Waals surface area contributed by atoms with Gasteiger partial charge < -0.3 is 5.32 Å². The maximum atomic E-state index is 9.69. The minimum atomic E-state index is 0.330. The van der Waals surface area contributed by atoms with Crippen LogP contribution in [0.15, 0.2) is 11.6 Å². The SMILES string of the molecule is C/C=C(\C#N)CNC=O.CC. The van der Waals surface area contributed by atoms with Gasteiger partial charge in [-0.3, -0.25) is 4.79 Å². The van der Waals surface area contributed by atoms with Crippen LogP contribution < -0.4 is 5.32 Å². The molecule has 0 spiro atoms. The number of nitriles is 1. The Hall–Kier alpha value is -1.30. The van der Waals surface area contributed by atoms with Gasteiger partial charge in [-0.1, -0.05) is 19.9 Å². The molecule has 0 rings (SSSR count). The minimum Gasteiger partial charge on any atom is -0.354 e. The number of carbonyl (C=O) groups excluding carboxylic acids is 1. The van der Waals surface area contributed by atoms with Gasteiger partial charge in [0, 0.05) is 5.57 Å². The molecule has 0 fully saturated rings. The molecule has 0 unspecified atom stereocenters. The summed E-state index contributed by atoms with van der Waals surface area (Å²) in [5.74, 6) is 0. The average molecular weight is 154 g/mol. The maximum Gasteiger partial charge on any atom is 0.207 e. The zero-order valence-corrected chi connectivity index (χ0v) is 7.22. The standard InChI is InChI=1S/C6H8N2O.C2H6/c1-2-6(3-7)4-8-5-9;1-2/h2,5H,4H2,1H3,(H,8,9);1-2H3/b6-2+;. The van der Waals surface area contributed by atoms with Crippen LogP contribution in [0.2, 0.25) is 0 Å². The lowest BCUT2D eigenvalue weighted by molar-refractivity contribution is -0.109. The Morgan fingerprint density at radius 1 is 1.64 bits per heavy atom. The Morgan fingerprint density at radius 3 is 2.45 bits per heavy atom. The van der Waals surface area contributed by atoms with E-state index in [-0.39, 0.29) is 0 Å². The number of carbonyl (C=O) groups is 1. The average Bonchev–Trinajstić information content (AvgIpc) is 2.10. The number of nitrogens with one attached hydrogen (secondary N) is 1. The first-order chi connectivity index (χ1) is 5.35. The molecule has 0 aromatic carbocycles. The lowest BCUT2D eigenvalue weighted by Gasteiger charge is -1.91. The predicted molar refractivity (Wildman–Crippen MR) is 44.8 cm³/mol. The Labute approximate surface area is 67.7 Å². The maximum absolute atomic E-state index is 9.69. The van der Waals surface area contributed by atoms with Crippen molar-refractivity contribution in [1.29, 1.82) is 5.26 Å². The van der Waals surface area contributed by atoms with Crippen LogP contribution in [0.25, 0.3) is 0 Å². The smallest absolute Gasteiger partial charge is 0.207 e. The van der Waals surface area contributed by atoms with Crippen LogP contribution in [0.1, 0.15) is 20.8 Å². The van der Waals surface area contributed by atoms with E-state index in [0.29, 0.717) is 18.5 Å². The lowest BCUT2D eigenvalue weighted by atomic mass is 10.3. The molecule has 0 bridgehead atoms. The summed E-state index contributed by atoms with van der Waals surface area (Å²) in [5, 5.41) is 10.7. The highest BCUT2D eigenvalue weighted by Gasteiger charge is 1.88. The van der Waals surface area contributed by atoms with Crippen molar-refractivity contribution in [2.45, 2.75) is 20.8 Å². The van der Waals surface area contributed by atoms with Crippen molar-refractivity contribution < 1.29 is 4.79 Å². The molecule has 3 heteroatoms. The Balaban J connectivity index is 0. The topological polar surface area (TPSA) is 52.9 Å².